The first kappa shape index (κ1) is 11.8. The molecule has 0 saturated heterocycles. The lowest BCUT2D eigenvalue weighted by Gasteiger charge is -2.06. The molecular formula is C11H14NO2Si+. The average molecular weight is 220 g/mol. The van der Waals surface area contributed by atoms with E-state index in [2.05, 4.69) is 6.07 Å². The number of hydrogen-bond acceptors (Lipinski definition) is 3. The van der Waals surface area contributed by atoms with Crippen LogP contribution in [0.1, 0.15) is 11.7 Å². The Kier molecular flexibility index (Phi) is 4.34. The summed E-state index contributed by atoms with van der Waals surface area (Å²) in [5.74, 6) is 0.786. The van der Waals surface area contributed by atoms with E-state index in [4.69, 9.17) is 14.4 Å². The van der Waals surface area contributed by atoms with Crippen molar-refractivity contribution in [3.05, 3.63) is 29.8 Å². The fraction of sp³-hybridized carbons (Fsp3) is 0.364. The lowest BCUT2D eigenvalue weighted by Crippen LogP contribution is -2.12. The van der Waals surface area contributed by atoms with Crippen LogP contribution in [0.2, 0.25) is 13.1 Å². The molecule has 0 N–H and O–H groups in total. The Morgan fingerprint density at radius 1 is 1.27 bits per heavy atom. The van der Waals surface area contributed by atoms with E-state index in [1.165, 1.54) is 0 Å². The molecule has 1 atom stereocenters. The lowest BCUT2D eigenvalue weighted by atomic mass is 10.1. The van der Waals surface area contributed by atoms with Gasteiger partial charge in [0.1, 0.15) is 11.8 Å². The molecule has 0 aromatic heterocycles. The molecule has 0 saturated carbocycles. The molecule has 1 aromatic rings. The normalized spacial score (nSPS) is 11.6. The number of hydrogen-bond donors (Lipinski definition) is 0. The van der Waals surface area contributed by atoms with Gasteiger partial charge in [-0.1, -0.05) is 12.1 Å². The van der Waals surface area contributed by atoms with Gasteiger partial charge < -0.3 is 4.74 Å². The highest BCUT2D eigenvalue weighted by Gasteiger charge is 2.23. The predicted octanol–water partition coefficient (Wildman–Crippen LogP) is 2.53. The second-order valence-corrected chi connectivity index (χ2v) is 5.36. The van der Waals surface area contributed by atoms with Gasteiger partial charge in [0.05, 0.1) is 20.2 Å². The SMILES string of the molecule is COc1ccc(C(C#N)O[Si+](C)C)cc1. The molecule has 1 aromatic carbocycles. The molecule has 0 spiro atoms. The monoisotopic (exact) mass is 220 g/mol. The second-order valence-electron chi connectivity index (χ2n) is 3.31. The van der Waals surface area contributed by atoms with Crippen LogP contribution in [-0.2, 0) is 4.43 Å². The standard InChI is InChI=1S/C11H14NO2Si/c1-13-10-6-4-9(5-7-10)11(8-12)14-15(2)3/h4-7,11H,1-3H3/q+1. The van der Waals surface area contributed by atoms with E-state index in [1.807, 2.05) is 37.4 Å². The lowest BCUT2D eigenvalue weighted by molar-refractivity contribution is 0.268. The zero-order valence-electron chi connectivity index (χ0n) is 9.15. The van der Waals surface area contributed by atoms with Crippen molar-refractivity contribution in [2.75, 3.05) is 7.11 Å². The van der Waals surface area contributed by atoms with E-state index in [9.17, 15) is 0 Å². The van der Waals surface area contributed by atoms with Crippen LogP contribution in [0.3, 0.4) is 0 Å². The minimum absolute atomic E-state index is 0.459. The number of nitrogens with zero attached hydrogens (tertiary/aromatic N) is 1. The molecule has 0 bridgehead atoms. The third-order valence-corrected chi connectivity index (χ3v) is 2.60. The maximum absolute atomic E-state index is 8.96. The van der Waals surface area contributed by atoms with Crippen molar-refractivity contribution >= 4 is 9.04 Å². The molecule has 78 valence electrons. The fourth-order valence-electron chi connectivity index (χ4n) is 1.18. The largest absolute Gasteiger partial charge is 0.497 e. The molecule has 0 fully saturated rings. The molecule has 0 aliphatic rings. The van der Waals surface area contributed by atoms with Gasteiger partial charge in [-0.2, -0.15) is 5.26 Å². The second kappa shape index (κ2) is 5.54. The first-order chi connectivity index (χ1) is 7.17. The number of ether oxygens (including phenoxy) is 1. The van der Waals surface area contributed by atoms with Gasteiger partial charge >= 0.3 is 9.04 Å². The minimum Gasteiger partial charge on any atom is -0.497 e. The third kappa shape index (κ3) is 3.39. The maximum atomic E-state index is 8.96. The van der Waals surface area contributed by atoms with Gasteiger partial charge in [0.15, 0.2) is 0 Å². The molecular weight excluding hydrogens is 206 g/mol. The Bertz CT molecular complexity index is 343. The Hall–Kier alpha value is -1.31. The summed E-state index contributed by atoms with van der Waals surface area (Å²) in [5.41, 5.74) is 0.879. The van der Waals surface area contributed by atoms with E-state index in [-0.39, 0.29) is 0 Å². The van der Waals surface area contributed by atoms with E-state index < -0.39 is 15.1 Å². The summed E-state index contributed by atoms with van der Waals surface area (Å²) in [6.07, 6.45) is -0.459. The number of benzene rings is 1. The fourth-order valence-corrected chi connectivity index (χ4v) is 1.84. The molecule has 0 aliphatic heterocycles. The van der Waals surface area contributed by atoms with E-state index in [0.717, 1.165) is 11.3 Å². The molecule has 1 unspecified atom stereocenters. The van der Waals surface area contributed by atoms with Gasteiger partial charge in [-0.3, -0.25) is 0 Å². The van der Waals surface area contributed by atoms with Crippen LogP contribution in [0.4, 0.5) is 0 Å². The summed E-state index contributed by atoms with van der Waals surface area (Å²) >= 11 is 0. The average Bonchev–Trinajstić information content (AvgIpc) is 2.26. The minimum atomic E-state index is -0.862. The first-order valence-electron chi connectivity index (χ1n) is 4.67. The zero-order valence-corrected chi connectivity index (χ0v) is 10.2. The molecule has 0 heterocycles. The summed E-state index contributed by atoms with van der Waals surface area (Å²) < 4.78 is 10.6. The van der Waals surface area contributed by atoms with Gasteiger partial charge in [0.25, 0.3) is 0 Å². The van der Waals surface area contributed by atoms with Crippen molar-refractivity contribution in [3.8, 4) is 11.8 Å². The Labute approximate surface area is 92.0 Å². The van der Waals surface area contributed by atoms with E-state index in [0.29, 0.717) is 0 Å². The Balaban J connectivity index is 2.80. The maximum Gasteiger partial charge on any atom is 0.469 e. The zero-order chi connectivity index (χ0) is 11.3. The quantitative estimate of drug-likeness (QED) is 0.732. The van der Waals surface area contributed by atoms with Crippen molar-refractivity contribution in [1.82, 2.24) is 0 Å². The van der Waals surface area contributed by atoms with Crippen LogP contribution >= 0.6 is 0 Å². The smallest absolute Gasteiger partial charge is 0.469 e. The molecule has 15 heavy (non-hydrogen) atoms. The molecule has 0 amide bonds. The van der Waals surface area contributed by atoms with Crippen LogP contribution in [0.25, 0.3) is 0 Å². The first-order valence-corrected chi connectivity index (χ1v) is 7.08. The van der Waals surface area contributed by atoms with E-state index >= 15 is 0 Å². The number of rotatable bonds is 4. The molecule has 0 aliphatic carbocycles. The van der Waals surface area contributed by atoms with Crippen molar-refractivity contribution in [1.29, 1.82) is 5.26 Å². The van der Waals surface area contributed by atoms with Gasteiger partial charge in [0, 0.05) is 0 Å². The van der Waals surface area contributed by atoms with Gasteiger partial charge in [-0.05, 0) is 17.7 Å². The van der Waals surface area contributed by atoms with Crippen molar-refractivity contribution < 1.29 is 9.16 Å². The highest BCUT2D eigenvalue weighted by atomic mass is 28.3. The summed E-state index contributed by atoms with van der Waals surface area (Å²) in [6, 6.07) is 9.54. The van der Waals surface area contributed by atoms with Crippen LogP contribution in [-0.4, -0.2) is 16.2 Å². The summed E-state index contributed by atoms with van der Waals surface area (Å²) in [5, 5.41) is 8.96. The van der Waals surface area contributed by atoms with Gasteiger partial charge in [-0.15, -0.1) is 0 Å². The van der Waals surface area contributed by atoms with Crippen molar-refractivity contribution in [2.45, 2.75) is 19.2 Å². The van der Waals surface area contributed by atoms with Gasteiger partial charge in [0.2, 0.25) is 6.10 Å². The molecule has 1 rings (SSSR count). The highest BCUT2D eigenvalue weighted by Crippen LogP contribution is 2.20. The van der Waals surface area contributed by atoms with Crippen LogP contribution in [0.5, 0.6) is 5.75 Å². The predicted molar refractivity (Wildman–Crippen MR) is 59.9 cm³/mol. The highest BCUT2D eigenvalue weighted by molar-refractivity contribution is 6.48. The van der Waals surface area contributed by atoms with Crippen LogP contribution < -0.4 is 4.74 Å². The van der Waals surface area contributed by atoms with Crippen molar-refractivity contribution in [3.63, 3.8) is 0 Å². The Morgan fingerprint density at radius 3 is 2.27 bits per heavy atom. The van der Waals surface area contributed by atoms with Gasteiger partial charge in [-0.25, -0.2) is 4.43 Å². The summed E-state index contributed by atoms with van der Waals surface area (Å²) in [7, 11) is 0.756. The topological polar surface area (TPSA) is 42.2 Å². The summed E-state index contributed by atoms with van der Waals surface area (Å²) in [4.78, 5) is 0. The van der Waals surface area contributed by atoms with Crippen molar-refractivity contribution in [2.24, 2.45) is 0 Å². The third-order valence-electron chi connectivity index (χ3n) is 1.89. The van der Waals surface area contributed by atoms with E-state index in [1.54, 1.807) is 7.11 Å². The molecule has 0 radical (unpaired) electrons. The molecule has 3 nitrogen and oxygen atoms in total. The van der Waals surface area contributed by atoms with Crippen LogP contribution in [0.15, 0.2) is 24.3 Å². The number of methoxy groups -OCH3 is 1. The molecule has 4 heteroatoms. The Morgan fingerprint density at radius 2 is 1.87 bits per heavy atom. The van der Waals surface area contributed by atoms with Crippen LogP contribution in [0, 0.1) is 11.3 Å². The number of nitriles is 1. The summed E-state index contributed by atoms with van der Waals surface area (Å²) in [6.45, 7) is 4.02.